The van der Waals surface area contributed by atoms with Gasteiger partial charge in [0.05, 0.1) is 10.8 Å². The molecule has 0 aliphatic rings. The van der Waals surface area contributed by atoms with E-state index in [4.69, 9.17) is 5.84 Å². The van der Waals surface area contributed by atoms with Crippen molar-refractivity contribution in [2.75, 3.05) is 6.26 Å². The monoisotopic (exact) mass is 206 g/mol. The van der Waals surface area contributed by atoms with Crippen LogP contribution in [0.25, 0.3) is 0 Å². The van der Waals surface area contributed by atoms with Crippen LogP contribution in [0.1, 0.15) is 20.8 Å². The van der Waals surface area contributed by atoms with Crippen molar-refractivity contribution in [3.63, 3.8) is 0 Å². The van der Waals surface area contributed by atoms with E-state index >= 15 is 0 Å². The van der Waals surface area contributed by atoms with Crippen molar-refractivity contribution in [1.82, 2.24) is 5.43 Å². The van der Waals surface area contributed by atoms with Crippen molar-refractivity contribution in [1.29, 1.82) is 0 Å². The molecule has 13 heavy (non-hydrogen) atoms. The number of hydrogen-bond donors (Lipinski definition) is 2. The average Bonchev–Trinajstić information content (AvgIpc) is 1.83. The van der Waals surface area contributed by atoms with E-state index in [1.54, 1.807) is 20.8 Å². The zero-order chi connectivity index (χ0) is 10.9. The van der Waals surface area contributed by atoms with Crippen LogP contribution in [0.4, 0.5) is 0 Å². The van der Waals surface area contributed by atoms with Crippen molar-refractivity contribution in [3.8, 4) is 0 Å². The fourth-order valence-corrected chi connectivity index (χ4v) is 1.85. The van der Waals surface area contributed by atoms with E-state index in [2.05, 4.69) is 12.0 Å². The summed E-state index contributed by atoms with van der Waals surface area (Å²) in [4.78, 5) is 0. The Balaban J connectivity index is 5.13. The summed E-state index contributed by atoms with van der Waals surface area (Å²) >= 11 is 0. The lowest BCUT2D eigenvalue weighted by atomic mass is 9.98. The van der Waals surface area contributed by atoms with Crippen LogP contribution in [0.15, 0.2) is 12.2 Å². The molecule has 0 aliphatic carbocycles. The molecule has 0 rings (SSSR count). The van der Waals surface area contributed by atoms with Gasteiger partial charge in [0, 0.05) is 6.26 Å². The summed E-state index contributed by atoms with van der Waals surface area (Å²) in [6.07, 6.45) is 1.19. The van der Waals surface area contributed by atoms with E-state index in [-0.39, 0.29) is 0 Å². The quantitative estimate of drug-likeness (QED) is 0.392. The second-order valence-electron chi connectivity index (χ2n) is 3.82. The van der Waals surface area contributed by atoms with E-state index in [1.165, 1.54) is 6.26 Å². The number of nitrogens with one attached hydrogen (secondary N) is 1. The van der Waals surface area contributed by atoms with Gasteiger partial charge >= 0.3 is 0 Å². The van der Waals surface area contributed by atoms with Crippen molar-refractivity contribution in [3.05, 3.63) is 12.2 Å². The van der Waals surface area contributed by atoms with Gasteiger partial charge in [-0.2, -0.15) is 0 Å². The summed E-state index contributed by atoms with van der Waals surface area (Å²) in [6, 6.07) is -0.428. The molecule has 0 saturated carbocycles. The molecular formula is C8H18N2O2S. The summed E-state index contributed by atoms with van der Waals surface area (Å²) in [6.45, 7) is 8.70. The van der Waals surface area contributed by atoms with Crippen molar-refractivity contribution < 1.29 is 8.42 Å². The van der Waals surface area contributed by atoms with Crippen LogP contribution in [0.2, 0.25) is 0 Å². The largest absolute Gasteiger partial charge is 0.271 e. The van der Waals surface area contributed by atoms with Crippen LogP contribution < -0.4 is 11.3 Å². The van der Waals surface area contributed by atoms with Crippen LogP contribution >= 0.6 is 0 Å². The molecule has 0 aromatic carbocycles. The second kappa shape index (κ2) is 3.77. The van der Waals surface area contributed by atoms with Crippen LogP contribution in [-0.2, 0) is 9.84 Å². The molecule has 3 N–H and O–H groups in total. The summed E-state index contributed by atoms with van der Waals surface area (Å²) < 4.78 is 21.9. The third-order valence-electron chi connectivity index (χ3n) is 2.31. The third kappa shape index (κ3) is 2.52. The van der Waals surface area contributed by atoms with Crippen molar-refractivity contribution in [2.45, 2.75) is 31.6 Å². The Kier molecular flexibility index (Phi) is 3.66. The minimum absolute atomic E-state index is 0.428. The molecule has 1 unspecified atom stereocenters. The first kappa shape index (κ1) is 12.6. The normalized spacial score (nSPS) is 15.5. The lowest BCUT2D eigenvalue weighted by Gasteiger charge is -2.32. The van der Waals surface area contributed by atoms with E-state index in [0.29, 0.717) is 5.57 Å². The first-order valence-corrected chi connectivity index (χ1v) is 5.85. The Bertz CT molecular complexity index is 293. The minimum atomic E-state index is -3.16. The van der Waals surface area contributed by atoms with Crippen LogP contribution in [0.3, 0.4) is 0 Å². The first-order valence-electron chi connectivity index (χ1n) is 3.95. The molecular weight excluding hydrogens is 188 g/mol. The van der Waals surface area contributed by atoms with Gasteiger partial charge in [-0.25, -0.2) is 8.42 Å². The maximum atomic E-state index is 11.4. The fourth-order valence-electron chi connectivity index (χ4n) is 1.15. The van der Waals surface area contributed by atoms with Gasteiger partial charge in [-0.3, -0.25) is 11.3 Å². The number of sulfone groups is 1. The number of hydrogen-bond acceptors (Lipinski definition) is 4. The summed E-state index contributed by atoms with van der Waals surface area (Å²) in [5.41, 5.74) is 3.18. The molecule has 0 saturated heterocycles. The highest BCUT2D eigenvalue weighted by Crippen LogP contribution is 2.23. The number of hydrazine groups is 1. The fraction of sp³-hybridized carbons (Fsp3) is 0.750. The first-order chi connectivity index (χ1) is 5.64. The Morgan fingerprint density at radius 2 is 1.92 bits per heavy atom. The molecule has 5 heteroatoms. The highest BCUT2D eigenvalue weighted by molar-refractivity contribution is 7.92. The Morgan fingerprint density at radius 1 is 1.54 bits per heavy atom. The van der Waals surface area contributed by atoms with Gasteiger partial charge in [0.25, 0.3) is 0 Å². The SMILES string of the molecule is C=C(C)C(NN)C(C)(C)S(C)(=O)=O. The predicted molar refractivity (Wildman–Crippen MR) is 54.8 cm³/mol. The van der Waals surface area contributed by atoms with E-state index in [1.807, 2.05) is 0 Å². The zero-order valence-corrected chi connectivity index (χ0v) is 9.40. The lowest BCUT2D eigenvalue weighted by Crippen LogP contribution is -2.54. The third-order valence-corrected chi connectivity index (χ3v) is 4.46. The highest BCUT2D eigenvalue weighted by atomic mass is 32.2. The van der Waals surface area contributed by atoms with Crippen LogP contribution in [0, 0.1) is 0 Å². The van der Waals surface area contributed by atoms with Gasteiger partial charge in [0.1, 0.15) is 0 Å². The molecule has 1 atom stereocenters. The Hall–Kier alpha value is -0.390. The Morgan fingerprint density at radius 3 is 2.00 bits per heavy atom. The summed E-state index contributed by atoms with van der Waals surface area (Å²) in [5, 5.41) is 0. The topological polar surface area (TPSA) is 72.2 Å². The van der Waals surface area contributed by atoms with E-state index < -0.39 is 20.6 Å². The Labute approximate surface area is 80.1 Å². The lowest BCUT2D eigenvalue weighted by molar-refractivity contribution is 0.457. The molecule has 0 amide bonds. The summed E-state index contributed by atoms with van der Waals surface area (Å²) in [7, 11) is -3.16. The molecule has 0 fully saturated rings. The average molecular weight is 206 g/mol. The maximum absolute atomic E-state index is 11.4. The van der Waals surface area contributed by atoms with Gasteiger partial charge < -0.3 is 0 Å². The van der Waals surface area contributed by atoms with E-state index in [9.17, 15) is 8.42 Å². The molecule has 0 bridgehead atoms. The van der Waals surface area contributed by atoms with E-state index in [0.717, 1.165) is 0 Å². The van der Waals surface area contributed by atoms with Gasteiger partial charge in [0.2, 0.25) is 0 Å². The second-order valence-corrected chi connectivity index (χ2v) is 6.42. The van der Waals surface area contributed by atoms with Crippen molar-refractivity contribution >= 4 is 9.84 Å². The smallest absolute Gasteiger partial charge is 0.154 e. The molecule has 4 nitrogen and oxygen atoms in total. The standard InChI is InChI=1S/C8H18N2O2S/c1-6(2)7(10-9)8(3,4)13(5,11)12/h7,10H,1,9H2,2-5H3. The number of nitrogens with two attached hydrogens (primary N) is 1. The minimum Gasteiger partial charge on any atom is -0.271 e. The molecule has 0 spiro atoms. The molecule has 0 aromatic heterocycles. The van der Waals surface area contributed by atoms with Gasteiger partial charge in [-0.1, -0.05) is 12.2 Å². The molecule has 0 aliphatic heterocycles. The zero-order valence-electron chi connectivity index (χ0n) is 8.59. The summed E-state index contributed by atoms with van der Waals surface area (Å²) in [5.74, 6) is 5.28. The molecule has 78 valence electrons. The number of rotatable bonds is 4. The maximum Gasteiger partial charge on any atom is 0.154 e. The van der Waals surface area contributed by atoms with Gasteiger partial charge in [-0.15, -0.1) is 0 Å². The van der Waals surface area contributed by atoms with Crippen LogP contribution in [0.5, 0.6) is 0 Å². The molecule has 0 radical (unpaired) electrons. The molecule has 0 heterocycles. The van der Waals surface area contributed by atoms with Gasteiger partial charge in [-0.05, 0) is 20.8 Å². The predicted octanol–water partition coefficient (Wildman–Crippen LogP) is 0.218. The van der Waals surface area contributed by atoms with Crippen LogP contribution in [-0.4, -0.2) is 25.5 Å². The molecule has 0 aromatic rings. The van der Waals surface area contributed by atoms with Gasteiger partial charge in [0.15, 0.2) is 9.84 Å². The highest BCUT2D eigenvalue weighted by Gasteiger charge is 2.38. The van der Waals surface area contributed by atoms with Crippen molar-refractivity contribution in [2.24, 2.45) is 5.84 Å².